The van der Waals surface area contributed by atoms with Crippen LogP contribution in [0.4, 0.5) is 0 Å². The first-order chi connectivity index (χ1) is 7.66. The van der Waals surface area contributed by atoms with Crippen LogP contribution in [0.2, 0.25) is 0 Å². The SMILES string of the molecule is O=C1C=CC(c2ncc(C(=O)O)cn2)=CC1. The average Bonchev–Trinajstić information content (AvgIpc) is 2.30. The summed E-state index contributed by atoms with van der Waals surface area (Å²) in [6.07, 6.45) is 7.63. The van der Waals surface area contributed by atoms with Crippen molar-refractivity contribution in [3.63, 3.8) is 0 Å². The van der Waals surface area contributed by atoms with Gasteiger partial charge >= 0.3 is 5.97 Å². The van der Waals surface area contributed by atoms with Gasteiger partial charge in [-0.15, -0.1) is 0 Å². The summed E-state index contributed by atoms with van der Waals surface area (Å²) in [7, 11) is 0. The van der Waals surface area contributed by atoms with Gasteiger partial charge in [0.05, 0.1) is 5.56 Å². The Morgan fingerprint density at radius 1 is 1.25 bits per heavy atom. The standard InChI is InChI=1S/C11H8N2O3/c14-9-3-1-7(2-4-9)10-12-5-8(6-13-10)11(15)16/h1-3,5-6H,4H2,(H,15,16). The molecule has 5 nitrogen and oxygen atoms in total. The third kappa shape index (κ3) is 2.03. The van der Waals surface area contributed by atoms with Gasteiger partial charge in [0.25, 0.3) is 0 Å². The second-order valence-electron chi connectivity index (χ2n) is 3.26. The van der Waals surface area contributed by atoms with E-state index in [0.717, 1.165) is 5.57 Å². The van der Waals surface area contributed by atoms with E-state index in [9.17, 15) is 9.59 Å². The van der Waals surface area contributed by atoms with Crippen molar-refractivity contribution < 1.29 is 14.7 Å². The predicted molar refractivity (Wildman–Crippen MR) is 55.7 cm³/mol. The van der Waals surface area contributed by atoms with E-state index in [-0.39, 0.29) is 11.3 Å². The lowest BCUT2D eigenvalue weighted by Crippen LogP contribution is -2.03. The van der Waals surface area contributed by atoms with Gasteiger partial charge in [-0.2, -0.15) is 0 Å². The fourth-order valence-corrected chi connectivity index (χ4v) is 1.28. The second kappa shape index (κ2) is 4.06. The van der Waals surface area contributed by atoms with Gasteiger partial charge in [0.2, 0.25) is 0 Å². The molecule has 0 aromatic carbocycles. The van der Waals surface area contributed by atoms with Gasteiger partial charge in [-0.1, -0.05) is 6.08 Å². The van der Waals surface area contributed by atoms with Crippen LogP contribution in [0, 0.1) is 0 Å². The van der Waals surface area contributed by atoms with E-state index in [1.165, 1.54) is 18.5 Å². The van der Waals surface area contributed by atoms with Crippen LogP contribution in [-0.2, 0) is 4.79 Å². The molecule has 1 aromatic heterocycles. The quantitative estimate of drug-likeness (QED) is 0.800. The third-order valence-electron chi connectivity index (χ3n) is 2.13. The third-order valence-corrected chi connectivity index (χ3v) is 2.13. The molecule has 0 saturated heterocycles. The molecule has 0 radical (unpaired) electrons. The van der Waals surface area contributed by atoms with E-state index in [4.69, 9.17) is 5.11 Å². The zero-order valence-corrected chi connectivity index (χ0v) is 8.25. The number of aromatic carboxylic acids is 1. The van der Waals surface area contributed by atoms with Crippen LogP contribution in [0.5, 0.6) is 0 Å². The zero-order valence-electron chi connectivity index (χ0n) is 8.25. The first kappa shape index (κ1) is 10.2. The Balaban J connectivity index is 2.26. The minimum atomic E-state index is -1.06. The molecule has 2 rings (SSSR count). The molecular formula is C11H8N2O3. The Morgan fingerprint density at radius 2 is 1.94 bits per heavy atom. The first-order valence-electron chi connectivity index (χ1n) is 4.63. The highest BCUT2D eigenvalue weighted by molar-refractivity contribution is 5.97. The molecule has 0 unspecified atom stereocenters. The molecule has 1 N–H and O–H groups in total. The van der Waals surface area contributed by atoms with E-state index < -0.39 is 5.97 Å². The van der Waals surface area contributed by atoms with E-state index >= 15 is 0 Å². The van der Waals surface area contributed by atoms with E-state index in [1.54, 1.807) is 12.2 Å². The largest absolute Gasteiger partial charge is 0.478 e. The van der Waals surface area contributed by atoms with Gasteiger partial charge in [0.1, 0.15) is 0 Å². The van der Waals surface area contributed by atoms with Crippen molar-refractivity contribution in [2.45, 2.75) is 6.42 Å². The number of allylic oxidation sites excluding steroid dienone is 4. The van der Waals surface area contributed by atoms with Crippen LogP contribution < -0.4 is 0 Å². The Bertz CT molecular complexity index is 500. The molecule has 0 saturated carbocycles. The van der Waals surface area contributed by atoms with Crippen LogP contribution in [0.1, 0.15) is 22.6 Å². The number of nitrogens with zero attached hydrogens (tertiary/aromatic N) is 2. The number of aromatic nitrogens is 2. The number of hydrogen-bond donors (Lipinski definition) is 1. The molecule has 1 aromatic rings. The van der Waals surface area contributed by atoms with Crippen molar-refractivity contribution in [3.05, 3.63) is 42.0 Å². The van der Waals surface area contributed by atoms with Crippen LogP contribution in [0.3, 0.4) is 0 Å². The number of ketones is 1. The van der Waals surface area contributed by atoms with E-state index in [1.807, 2.05) is 0 Å². The highest BCUT2D eigenvalue weighted by atomic mass is 16.4. The smallest absolute Gasteiger partial charge is 0.338 e. The van der Waals surface area contributed by atoms with Crippen molar-refractivity contribution in [2.24, 2.45) is 0 Å². The van der Waals surface area contributed by atoms with Crippen LogP contribution in [0.25, 0.3) is 5.57 Å². The van der Waals surface area contributed by atoms with Crippen LogP contribution >= 0.6 is 0 Å². The molecule has 1 aliphatic rings. The minimum absolute atomic E-state index is 0.0332. The topological polar surface area (TPSA) is 80.2 Å². The highest BCUT2D eigenvalue weighted by Crippen LogP contribution is 2.16. The maximum Gasteiger partial charge on any atom is 0.338 e. The number of carboxylic acid groups (broad SMARTS) is 1. The van der Waals surface area contributed by atoms with Crippen molar-refractivity contribution >= 4 is 17.3 Å². The molecule has 0 spiro atoms. The second-order valence-corrected chi connectivity index (χ2v) is 3.26. The summed E-state index contributed by atoms with van der Waals surface area (Å²) >= 11 is 0. The van der Waals surface area contributed by atoms with Gasteiger partial charge in [0.15, 0.2) is 11.6 Å². The van der Waals surface area contributed by atoms with Gasteiger partial charge < -0.3 is 5.11 Å². The highest BCUT2D eigenvalue weighted by Gasteiger charge is 2.09. The summed E-state index contributed by atoms with van der Waals surface area (Å²) in [5, 5.41) is 8.67. The normalized spacial score (nSPS) is 14.8. The number of carbonyl (C=O) groups is 2. The lowest BCUT2D eigenvalue weighted by atomic mass is 10.1. The Labute approximate surface area is 91.2 Å². The Kier molecular flexibility index (Phi) is 2.59. The summed E-state index contributed by atoms with van der Waals surface area (Å²) in [5.41, 5.74) is 0.775. The first-order valence-corrected chi connectivity index (χ1v) is 4.63. The summed E-state index contributed by atoms with van der Waals surface area (Å²) in [5.74, 6) is -0.602. The molecule has 5 heteroatoms. The summed E-state index contributed by atoms with van der Waals surface area (Å²) in [6.45, 7) is 0. The van der Waals surface area contributed by atoms with E-state index in [0.29, 0.717) is 12.2 Å². The van der Waals surface area contributed by atoms with Crippen molar-refractivity contribution in [3.8, 4) is 0 Å². The summed E-state index contributed by atoms with van der Waals surface area (Å²) in [4.78, 5) is 29.4. The van der Waals surface area contributed by atoms with Crippen LogP contribution in [0.15, 0.2) is 30.6 Å². The number of carbonyl (C=O) groups excluding carboxylic acids is 1. The van der Waals surface area contributed by atoms with Crippen LogP contribution in [-0.4, -0.2) is 26.8 Å². The average molecular weight is 216 g/mol. The fourth-order valence-electron chi connectivity index (χ4n) is 1.28. The number of rotatable bonds is 2. The molecule has 0 aliphatic heterocycles. The lowest BCUT2D eigenvalue weighted by Gasteiger charge is -2.04. The molecule has 1 heterocycles. The van der Waals surface area contributed by atoms with Crippen molar-refractivity contribution in [1.29, 1.82) is 0 Å². The molecule has 0 atom stereocenters. The molecule has 1 aliphatic carbocycles. The maximum atomic E-state index is 10.9. The Hall–Kier alpha value is -2.30. The van der Waals surface area contributed by atoms with E-state index in [2.05, 4.69) is 9.97 Å². The molecule has 0 fully saturated rings. The molecule has 0 bridgehead atoms. The van der Waals surface area contributed by atoms with Crippen molar-refractivity contribution in [1.82, 2.24) is 9.97 Å². The van der Waals surface area contributed by atoms with Gasteiger partial charge in [0, 0.05) is 24.4 Å². The monoisotopic (exact) mass is 216 g/mol. The number of hydrogen-bond acceptors (Lipinski definition) is 4. The lowest BCUT2D eigenvalue weighted by molar-refractivity contribution is -0.113. The van der Waals surface area contributed by atoms with Gasteiger partial charge in [-0.3, -0.25) is 4.79 Å². The molecule has 16 heavy (non-hydrogen) atoms. The maximum absolute atomic E-state index is 10.9. The van der Waals surface area contributed by atoms with Crippen molar-refractivity contribution in [2.75, 3.05) is 0 Å². The minimum Gasteiger partial charge on any atom is -0.478 e. The summed E-state index contributed by atoms with van der Waals surface area (Å²) < 4.78 is 0. The molecule has 0 amide bonds. The summed E-state index contributed by atoms with van der Waals surface area (Å²) in [6, 6.07) is 0. The fraction of sp³-hybridized carbons (Fsp3) is 0.0909. The van der Waals surface area contributed by atoms with Gasteiger partial charge in [-0.05, 0) is 12.2 Å². The predicted octanol–water partition coefficient (Wildman–Crippen LogP) is 1.09. The zero-order chi connectivity index (χ0) is 11.5. The molecular weight excluding hydrogens is 208 g/mol. The van der Waals surface area contributed by atoms with Gasteiger partial charge in [-0.25, -0.2) is 14.8 Å². The number of carboxylic acids is 1. The molecule has 80 valence electrons. The Morgan fingerprint density at radius 3 is 2.44 bits per heavy atom.